The monoisotopic (exact) mass is 447 g/mol. The highest BCUT2D eigenvalue weighted by molar-refractivity contribution is 7.19. The second-order valence-electron chi connectivity index (χ2n) is 7.27. The van der Waals surface area contributed by atoms with Crippen molar-refractivity contribution in [2.75, 3.05) is 17.2 Å². The molecule has 0 aliphatic carbocycles. The van der Waals surface area contributed by atoms with Crippen molar-refractivity contribution in [3.8, 4) is 10.4 Å². The van der Waals surface area contributed by atoms with Gasteiger partial charge in [0.2, 0.25) is 5.91 Å². The molecule has 31 heavy (non-hydrogen) atoms. The van der Waals surface area contributed by atoms with E-state index in [4.69, 9.17) is 0 Å². The third kappa shape index (κ3) is 4.88. The molecule has 2 aromatic carbocycles. The maximum absolute atomic E-state index is 12.6. The average molecular weight is 447 g/mol. The minimum atomic E-state index is -4.32. The maximum atomic E-state index is 12.6. The highest BCUT2D eigenvalue weighted by atomic mass is 32.1. The standard InChI is InChI=1S/C22H20F3N3O2S/c23-22(24,25)16-6-3-13(4-7-16)2-1-9-26-21-28-18(12-29)20(31-21)14-5-8-17-15(10-14)11-19(30)27-17/h3-8,10,29H,1-2,9,11-12H2,(H,26,28)(H,27,30). The van der Waals surface area contributed by atoms with Crippen molar-refractivity contribution in [2.45, 2.75) is 32.0 Å². The Labute approximate surface area is 181 Å². The van der Waals surface area contributed by atoms with Crippen LogP contribution in [0.3, 0.4) is 0 Å². The van der Waals surface area contributed by atoms with Crippen molar-refractivity contribution >= 4 is 28.1 Å². The summed E-state index contributed by atoms with van der Waals surface area (Å²) in [5.74, 6) is -0.0331. The van der Waals surface area contributed by atoms with Crippen molar-refractivity contribution in [1.82, 2.24) is 4.98 Å². The molecular formula is C22H20F3N3O2S. The molecule has 0 unspecified atom stereocenters. The van der Waals surface area contributed by atoms with Gasteiger partial charge in [0, 0.05) is 12.2 Å². The van der Waals surface area contributed by atoms with Gasteiger partial charge in [-0.15, -0.1) is 0 Å². The van der Waals surface area contributed by atoms with Gasteiger partial charge in [0.25, 0.3) is 0 Å². The van der Waals surface area contributed by atoms with E-state index in [0.717, 1.165) is 45.8 Å². The Morgan fingerprint density at radius 2 is 1.94 bits per heavy atom. The minimum Gasteiger partial charge on any atom is -0.390 e. The van der Waals surface area contributed by atoms with Crippen LogP contribution in [0.5, 0.6) is 0 Å². The first-order chi connectivity index (χ1) is 14.8. The Morgan fingerprint density at radius 3 is 2.65 bits per heavy atom. The molecule has 0 bridgehead atoms. The Morgan fingerprint density at radius 1 is 1.16 bits per heavy atom. The van der Waals surface area contributed by atoms with Gasteiger partial charge in [-0.05, 0) is 53.8 Å². The van der Waals surface area contributed by atoms with Crippen molar-refractivity contribution in [2.24, 2.45) is 0 Å². The molecule has 1 amide bonds. The molecule has 1 aliphatic heterocycles. The number of benzene rings is 2. The first-order valence-corrected chi connectivity index (χ1v) is 10.6. The predicted molar refractivity (Wildman–Crippen MR) is 114 cm³/mol. The summed E-state index contributed by atoms with van der Waals surface area (Å²) in [7, 11) is 0. The fourth-order valence-electron chi connectivity index (χ4n) is 3.48. The van der Waals surface area contributed by atoms with E-state index >= 15 is 0 Å². The van der Waals surface area contributed by atoms with Crippen LogP contribution in [0.25, 0.3) is 10.4 Å². The predicted octanol–water partition coefficient (Wildman–Crippen LogP) is 4.86. The lowest BCUT2D eigenvalue weighted by molar-refractivity contribution is -0.137. The van der Waals surface area contributed by atoms with Gasteiger partial charge < -0.3 is 15.7 Å². The van der Waals surface area contributed by atoms with Crippen LogP contribution in [0.2, 0.25) is 0 Å². The topological polar surface area (TPSA) is 74.2 Å². The molecular weight excluding hydrogens is 427 g/mol. The number of nitrogens with one attached hydrogen (secondary N) is 2. The largest absolute Gasteiger partial charge is 0.416 e. The molecule has 3 N–H and O–H groups in total. The summed E-state index contributed by atoms with van der Waals surface area (Å²) < 4.78 is 37.9. The highest BCUT2D eigenvalue weighted by Crippen LogP contribution is 2.36. The number of alkyl halides is 3. The molecule has 3 aromatic rings. The number of rotatable bonds is 7. The van der Waals surface area contributed by atoms with Crippen LogP contribution in [0.15, 0.2) is 42.5 Å². The Kier molecular flexibility index (Phi) is 5.97. The zero-order valence-electron chi connectivity index (χ0n) is 16.4. The number of aliphatic hydroxyl groups is 1. The third-order valence-corrected chi connectivity index (χ3v) is 6.14. The number of aliphatic hydroxyl groups excluding tert-OH is 1. The molecule has 0 fully saturated rings. The highest BCUT2D eigenvalue weighted by Gasteiger charge is 2.29. The third-order valence-electron chi connectivity index (χ3n) is 5.04. The van der Waals surface area contributed by atoms with Gasteiger partial charge >= 0.3 is 6.18 Å². The second kappa shape index (κ2) is 8.68. The van der Waals surface area contributed by atoms with Crippen LogP contribution in [-0.2, 0) is 30.4 Å². The number of anilines is 2. The number of nitrogens with zero attached hydrogens (tertiary/aromatic N) is 1. The number of amides is 1. The summed E-state index contributed by atoms with van der Waals surface area (Å²) >= 11 is 1.42. The van der Waals surface area contributed by atoms with Crippen LogP contribution in [0, 0.1) is 0 Å². The van der Waals surface area contributed by atoms with E-state index in [1.54, 1.807) is 0 Å². The van der Waals surface area contributed by atoms with E-state index in [9.17, 15) is 23.1 Å². The summed E-state index contributed by atoms with van der Waals surface area (Å²) in [5.41, 5.74) is 3.39. The molecule has 0 saturated carbocycles. The van der Waals surface area contributed by atoms with E-state index < -0.39 is 11.7 Å². The number of aryl methyl sites for hydroxylation is 1. The zero-order chi connectivity index (χ0) is 22.0. The average Bonchev–Trinajstić information content (AvgIpc) is 3.32. The van der Waals surface area contributed by atoms with E-state index in [1.807, 2.05) is 18.2 Å². The smallest absolute Gasteiger partial charge is 0.390 e. The van der Waals surface area contributed by atoms with Gasteiger partial charge in [-0.2, -0.15) is 13.2 Å². The lowest BCUT2D eigenvalue weighted by atomic mass is 10.1. The molecule has 0 radical (unpaired) electrons. The van der Waals surface area contributed by atoms with Crippen LogP contribution >= 0.6 is 11.3 Å². The summed E-state index contributed by atoms with van der Waals surface area (Å²) in [6.45, 7) is 0.398. The number of carbonyl (C=O) groups is 1. The van der Waals surface area contributed by atoms with Gasteiger partial charge in [-0.1, -0.05) is 29.5 Å². The zero-order valence-corrected chi connectivity index (χ0v) is 17.2. The molecule has 2 heterocycles. The number of thiazole rings is 1. The van der Waals surface area contributed by atoms with Crippen LogP contribution in [0.4, 0.5) is 24.0 Å². The van der Waals surface area contributed by atoms with E-state index in [0.29, 0.717) is 30.2 Å². The van der Waals surface area contributed by atoms with Gasteiger partial charge in [0.05, 0.1) is 29.2 Å². The van der Waals surface area contributed by atoms with Gasteiger partial charge in [-0.25, -0.2) is 4.98 Å². The molecule has 1 aromatic heterocycles. The SMILES string of the molecule is O=C1Cc2cc(-c3sc(NCCCc4ccc(C(F)(F)F)cc4)nc3CO)ccc2N1. The van der Waals surface area contributed by atoms with Crippen molar-refractivity contribution in [3.05, 3.63) is 64.8 Å². The first-order valence-electron chi connectivity index (χ1n) is 9.77. The summed E-state index contributed by atoms with van der Waals surface area (Å²) in [4.78, 5) is 16.9. The quantitative estimate of drug-likeness (QED) is 0.452. The first kappa shape index (κ1) is 21.3. The summed E-state index contributed by atoms with van der Waals surface area (Å²) in [6, 6.07) is 10.9. The molecule has 0 spiro atoms. The van der Waals surface area contributed by atoms with Crippen molar-refractivity contribution < 1.29 is 23.1 Å². The fourth-order valence-corrected chi connectivity index (χ4v) is 4.48. The number of carbonyl (C=O) groups excluding carboxylic acids is 1. The molecule has 5 nitrogen and oxygen atoms in total. The second-order valence-corrected chi connectivity index (χ2v) is 8.27. The van der Waals surface area contributed by atoms with Gasteiger partial charge in [-0.3, -0.25) is 4.79 Å². The number of hydrogen-bond donors (Lipinski definition) is 3. The van der Waals surface area contributed by atoms with E-state index in [2.05, 4.69) is 15.6 Å². The molecule has 9 heteroatoms. The van der Waals surface area contributed by atoms with Crippen molar-refractivity contribution in [1.29, 1.82) is 0 Å². The number of halogens is 3. The normalized spacial score (nSPS) is 13.2. The molecule has 0 atom stereocenters. The van der Waals surface area contributed by atoms with Gasteiger partial charge in [0.15, 0.2) is 5.13 Å². The molecule has 162 valence electrons. The summed E-state index contributed by atoms with van der Waals surface area (Å²) in [6.07, 6.45) is -2.62. The molecule has 4 rings (SSSR count). The molecule has 0 saturated heterocycles. The minimum absolute atomic E-state index is 0.0331. The van der Waals surface area contributed by atoms with Crippen LogP contribution < -0.4 is 10.6 Å². The number of hydrogen-bond acceptors (Lipinski definition) is 5. The lowest BCUT2D eigenvalue weighted by Crippen LogP contribution is -2.05. The Balaban J connectivity index is 1.36. The Hall–Kier alpha value is -2.91. The van der Waals surface area contributed by atoms with Gasteiger partial charge in [0.1, 0.15) is 0 Å². The van der Waals surface area contributed by atoms with Crippen molar-refractivity contribution in [3.63, 3.8) is 0 Å². The van der Waals surface area contributed by atoms with Crippen LogP contribution in [0.1, 0.15) is 28.8 Å². The lowest BCUT2D eigenvalue weighted by Gasteiger charge is -2.08. The van der Waals surface area contributed by atoms with E-state index in [-0.39, 0.29) is 12.5 Å². The molecule has 1 aliphatic rings. The van der Waals surface area contributed by atoms with E-state index in [1.165, 1.54) is 23.5 Å². The fraction of sp³-hybridized carbons (Fsp3) is 0.273. The maximum Gasteiger partial charge on any atom is 0.416 e. The summed E-state index contributed by atoms with van der Waals surface area (Å²) in [5, 5.41) is 16.4. The number of fused-ring (bicyclic) bond motifs is 1. The Bertz CT molecular complexity index is 1090. The van der Waals surface area contributed by atoms with Crippen LogP contribution in [-0.4, -0.2) is 22.5 Å². The number of aromatic nitrogens is 1.